The quantitative estimate of drug-likeness (QED) is 0.823. The second kappa shape index (κ2) is 7.32. The molecular formula is C20H31NO3. The van der Waals surface area contributed by atoms with Crippen molar-refractivity contribution in [2.24, 2.45) is 11.8 Å². The molecule has 0 bridgehead atoms. The van der Waals surface area contributed by atoms with Crippen molar-refractivity contribution in [1.29, 1.82) is 0 Å². The molecule has 3 rings (SSSR count). The first-order valence-corrected chi connectivity index (χ1v) is 9.09. The summed E-state index contributed by atoms with van der Waals surface area (Å²) in [7, 11) is 5.28. The van der Waals surface area contributed by atoms with Gasteiger partial charge in [0.15, 0.2) is 11.5 Å². The third-order valence-electron chi connectivity index (χ3n) is 5.64. The lowest BCUT2D eigenvalue weighted by molar-refractivity contribution is -0.0432. The molecule has 0 aromatic heterocycles. The number of nitrogens with zero attached hydrogens (tertiary/aromatic N) is 1. The van der Waals surface area contributed by atoms with E-state index in [1.165, 1.54) is 17.5 Å². The van der Waals surface area contributed by atoms with E-state index in [0.717, 1.165) is 37.4 Å². The van der Waals surface area contributed by atoms with E-state index in [4.69, 9.17) is 14.2 Å². The number of fused-ring (bicyclic) bond motifs is 3. The maximum Gasteiger partial charge on any atom is 0.161 e. The molecule has 1 unspecified atom stereocenters. The van der Waals surface area contributed by atoms with Gasteiger partial charge in [-0.2, -0.15) is 0 Å². The third-order valence-corrected chi connectivity index (χ3v) is 5.64. The molecule has 2 aliphatic heterocycles. The summed E-state index contributed by atoms with van der Waals surface area (Å²) in [5.74, 6) is 3.01. The van der Waals surface area contributed by atoms with Crippen molar-refractivity contribution in [1.82, 2.24) is 4.90 Å². The lowest BCUT2D eigenvalue weighted by Crippen LogP contribution is -2.48. The zero-order valence-electron chi connectivity index (χ0n) is 15.7. The Morgan fingerprint density at radius 2 is 1.83 bits per heavy atom. The average molecular weight is 332 g/mol. The fourth-order valence-electron chi connectivity index (χ4n) is 4.53. The van der Waals surface area contributed by atoms with Gasteiger partial charge in [-0.3, -0.25) is 4.90 Å². The number of rotatable bonds is 5. The molecule has 0 spiro atoms. The lowest BCUT2D eigenvalue weighted by atomic mass is 9.79. The van der Waals surface area contributed by atoms with Crippen LogP contribution in [-0.2, 0) is 11.2 Å². The fraction of sp³-hybridized carbons (Fsp3) is 0.700. The minimum Gasteiger partial charge on any atom is -0.493 e. The van der Waals surface area contributed by atoms with Crippen LogP contribution < -0.4 is 9.47 Å². The molecule has 0 radical (unpaired) electrons. The molecule has 1 aromatic rings. The summed E-state index contributed by atoms with van der Waals surface area (Å²) in [4.78, 5) is 2.65. The van der Waals surface area contributed by atoms with Crippen molar-refractivity contribution in [2.75, 3.05) is 34.4 Å². The normalized spacial score (nSPS) is 26.8. The van der Waals surface area contributed by atoms with Gasteiger partial charge in [0.1, 0.15) is 0 Å². The van der Waals surface area contributed by atoms with Gasteiger partial charge in [-0.25, -0.2) is 0 Å². The van der Waals surface area contributed by atoms with Crippen LogP contribution in [0.25, 0.3) is 0 Å². The zero-order valence-corrected chi connectivity index (χ0v) is 15.7. The molecule has 0 aliphatic carbocycles. The standard InChI is InChI=1S/C20H31NO3/c1-13(2)8-15-12-21-7-6-14-9-19(23-4)20(24-5)10-16(14)17(21)11-18(15)22-3/h9-10,13,15,17-18H,6-8,11-12H2,1-5H3/t15-,17?,18-/m1/s1/i3-1. The van der Waals surface area contributed by atoms with Crippen molar-refractivity contribution in [3.63, 3.8) is 0 Å². The summed E-state index contributed by atoms with van der Waals surface area (Å²) in [6.45, 7) is 6.87. The predicted octanol–water partition coefficient (Wildman–Crippen LogP) is 3.68. The van der Waals surface area contributed by atoms with Crippen LogP contribution in [0, 0.1) is 11.8 Å². The van der Waals surface area contributed by atoms with E-state index in [1.807, 2.05) is 7.11 Å². The van der Waals surface area contributed by atoms with Gasteiger partial charge in [-0.05, 0) is 54.4 Å². The Hall–Kier alpha value is -1.26. The Bertz CT molecular complexity index is 572. The Morgan fingerprint density at radius 3 is 2.46 bits per heavy atom. The second-order valence-electron chi connectivity index (χ2n) is 7.57. The van der Waals surface area contributed by atoms with Gasteiger partial charge in [-0.15, -0.1) is 0 Å². The molecule has 2 heterocycles. The highest BCUT2D eigenvalue weighted by Gasteiger charge is 2.39. The molecule has 4 heteroatoms. The summed E-state index contributed by atoms with van der Waals surface area (Å²) in [5.41, 5.74) is 2.79. The lowest BCUT2D eigenvalue weighted by Gasteiger charge is -2.47. The minimum atomic E-state index is 0.340. The van der Waals surface area contributed by atoms with Crippen LogP contribution in [0.15, 0.2) is 12.1 Å². The highest BCUT2D eigenvalue weighted by Crippen LogP contribution is 2.44. The Balaban J connectivity index is 1.89. The zero-order chi connectivity index (χ0) is 17.3. The van der Waals surface area contributed by atoms with Crippen LogP contribution in [0.5, 0.6) is 11.5 Å². The van der Waals surface area contributed by atoms with E-state index in [9.17, 15) is 0 Å². The van der Waals surface area contributed by atoms with Gasteiger partial charge in [-0.1, -0.05) is 13.8 Å². The molecule has 3 atom stereocenters. The number of methoxy groups -OCH3 is 3. The second-order valence-corrected chi connectivity index (χ2v) is 7.57. The van der Waals surface area contributed by atoms with Crippen LogP contribution in [0.4, 0.5) is 0 Å². The molecule has 0 N–H and O–H groups in total. The molecule has 134 valence electrons. The first kappa shape index (κ1) is 17.6. The molecule has 1 fully saturated rings. The number of benzene rings is 1. The maximum atomic E-state index is 5.89. The van der Waals surface area contributed by atoms with Gasteiger partial charge in [0.05, 0.1) is 20.3 Å². The number of hydrogen-bond donors (Lipinski definition) is 0. The van der Waals surface area contributed by atoms with E-state index in [1.54, 1.807) is 14.2 Å². The molecular weight excluding hydrogens is 301 g/mol. The first-order valence-electron chi connectivity index (χ1n) is 9.09. The van der Waals surface area contributed by atoms with E-state index in [-0.39, 0.29) is 0 Å². The number of piperidine rings is 1. The largest absolute Gasteiger partial charge is 0.493 e. The summed E-state index contributed by atoms with van der Waals surface area (Å²) >= 11 is 0. The smallest absolute Gasteiger partial charge is 0.161 e. The topological polar surface area (TPSA) is 30.9 Å². The van der Waals surface area contributed by atoms with Crippen molar-refractivity contribution in [3.8, 4) is 11.5 Å². The molecule has 0 saturated carbocycles. The van der Waals surface area contributed by atoms with Crippen molar-refractivity contribution in [3.05, 3.63) is 23.3 Å². The minimum absolute atomic E-state index is 0.340. The SMILES string of the molecule is COc1cc2c(cc1OC)C1C[C@@H](O[11CH3])[C@H](CC(C)C)CN1CC2. The van der Waals surface area contributed by atoms with E-state index in [2.05, 4.69) is 30.9 Å². The van der Waals surface area contributed by atoms with E-state index < -0.39 is 0 Å². The third kappa shape index (κ3) is 3.27. The van der Waals surface area contributed by atoms with Crippen LogP contribution in [0.2, 0.25) is 0 Å². The van der Waals surface area contributed by atoms with Crippen molar-refractivity contribution < 1.29 is 14.2 Å². The predicted molar refractivity (Wildman–Crippen MR) is 95.9 cm³/mol. The fourth-order valence-corrected chi connectivity index (χ4v) is 4.53. The first-order chi connectivity index (χ1) is 11.6. The van der Waals surface area contributed by atoms with Gasteiger partial charge < -0.3 is 14.2 Å². The van der Waals surface area contributed by atoms with Crippen LogP contribution in [0.3, 0.4) is 0 Å². The highest BCUT2D eigenvalue weighted by atomic mass is 16.5. The Labute approximate surface area is 146 Å². The molecule has 24 heavy (non-hydrogen) atoms. The Kier molecular flexibility index (Phi) is 5.36. The van der Waals surface area contributed by atoms with Crippen LogP contribution in [0.1, 0.15) is 43.9 Å². The van der Waals surface area contributed by atoms with Gasteiger partial charge in [0.2, 0.25) is 0 Å². The van der Waals surface area contributed by atoms with Crippen LogP contribution >= 0.6 is 0 Å². The van der Waals surface area contributed by atoms with E-state index >= 15 is 0 Å². The van der Waals surface area contributed by atoms with Gasteiger partial charge in [0.25, 0.3) is 0 Å². The van der Waals surface area contributed by atoms with Gasteiger partial charge >= 0.3 is 0 Å². The summed E-state index contributed by atoms with van der Waals surface area (Å²) in [6.07, 6.45) is 3.72. The number of hydrogen-bond acceptors (Lipinski definition) is 4. The van der Waals surface area contributed by atoms with Crippen LogP contribution in [-0.4, -0.2) is 45.4 Å². The molecule has 0 amide bonds. The summed E-state index contributed by atoms with van der Waals surface area (Å²) < 4.78 is 16.9. The molecule has 1 aromatic carbocycles. The van der Waals surface area contributed by atoms with Gasteiger partial charge in [0, 0.05) is 26.2 Å². The molecule has 4 nitrogen and oxygen atoms in total. The van der Waals surface area contributed by atoms with Crippen molar-refractivity contribution in [2.45, 2.75) is 45.3 Å². The monoisotopic (exact) mass is 332 g/mol. The summed E-state index contributed by atoms with van der Waals surface area (Å²) in [5, 5.41) is 0. The van der Waals surface area contributed by atoms with E-state index in [0.29, 0.717) is 24.0 Å². The maximum absolute atomic E-state index is 5.89. The molecule has 2 aliphatic rings. The number of ether oxygens (including phenoxy) is 3. The van der Waals surface area contributed by atoms with Crippen molar-refractivity contribution >= 4 is 0 Å². The Morgan fingerprint density at radius 1 is 1.12 bits per heavy atom. The average Bonchev–Trinajstić information content (AvgIpc) is 2.59. The highest BCUT2D eigenvalue weighted by molar-refractivity contribution is 5.49. The molecule has 1 saturated heterocycles. The summed E-state index contributed by atoms with van der Waals surface area (Å²) in [6, 6.07) is 4.77.